The van der Waals surface area contributed by atoms with Gasteiger partial charge in [0.25, 0.3) is 0 Å². The van der Waals surface area contributed by atoms with E-state index in [9.17, 15) is 9.59 Å². The van der Waals surface area contributed by atoms with Gasteiger partial charge in [0, 0.05) is 18.7 Å². The quantitative estimate of drug-likeness (QED) is 0.524. The van der Waals surface area contributed by atoms with Crippen molar-refractivity contribution in [2.45, 2.75) is 19.4 Å². The summed E-state index contributed by atoms with van der Waals surface area (Å²) in [6.45, 7) is 2.44. The number of nitrogens with two attached hydrogens (primary N) is 1. The second kappa shape index (κ2) is 12.9. The van der Waals surface area contributed by atoms with Crippen LogP contribution in [0.1, 0.15) is 28.8 Å². The summed E-state index contributed by atoms with van der Waals surface area (Å²) in [5.74, 6) is 1.64. The second-order valence-electron chi connectivity index (χ2n) is 8.00. The zero-order chi connectivity index (χ0) is 24.2. The van der Waals surface area contributed by atoms with Crippen LogP contribution in [0.3, 0.4) is 0 Å². The van der Waals surface area contributed by atoms with E-state index in [4.69, 9.17) is 20.3 Å². The lowest BCUT2D eigenvalue weighted by molar-refractivity contribution is 0.1000. The Bertz CT molecular complexity index is 1020. The van der Waals surface area contributed by atoms with Gasteiger partial charge >= 0.3 is 6.09 Å². The molecule has 7 heteroatoms. The number of amides is 2. The Morgan fingerprint density at radius 1 is 0.824 bits per heavy atom. The van der Waals surface area contributed by atoms with Crippen molar-refractivity contribution in [2.24, 2.45) is 11.7 Å². The normalized spacial score (nSPS) is 13.4. The first-order valence-electron chi connectivity index (χ1n) is 11.2. The van der Waals surface area contributed by atoms with Crippen LogP contribution in [0, 0.1) is 5.92 Å². The van der Waals surface area contributed by atoms with Crippen molar-refractivity contribution in [3.05, 3.63) is 96.1 Å². The number of likely N-dealkylation sites (tertiary alicyclic amines) is 1. The standard InChI is InChI=1S/C14H13NO2.C13H17NO3/c15-14(16)12-6-8-13(9-7-12)17-10-11-4-2-1-3-5-11;15-13(16)14-8-6-11(7-9-14)10-17-12-4-2-1-3-5-12/h1-9H,10H2,(H2,15,16);1-5,11H,6-10H2,(H,15,16). The van der Waals surface area contributed by atoms with E-state index in [0.29, 0.717) is 37.8 Å². The van der Waals surface area contributed by atoms with Crippen LogP contribution >= 0.6 is 0 Å². The molecule has 3 aromatic carbocycles. The third-order valence-corrected chi connectivity index (χ3v) is 5.50. The van der Waals surface area contributed by atoms with Crippen molar-refractivity contribution in [3.63, 3.8) is 0 Å². The molecule has 0 unspecified atom stereocenters. The van der Waals surface area contributed by atoms with Gasteiger partial charge in [-0.25, -0.2) is 4.79 Å². The molecule has 1 fully saturated rings. The van der Waals surface area contributed by atoms with Crippen molar-refractivity contribution < 1.29 is 24.2 Å². The highest BCUT2D eigenvalue weighted by atomic mass is 16.5. The summed E-state index contributed by atoms with van der Waals surface area (Å²) in [6.07, 6.45) is 0.963. The fraction of sp³-hybridized carbons (Fsp3) is 0.259. The van der Waals surface area contributed by atoms with Gasteiger partial charge in [-0.1, -0.05) is 48.5 Å². The predicted octanol–water partition coefficient (Wildman–Crippen LogP) is 4.82. The number of hydrogen-bond acceptors (Lipinski definition) is 4. The number of benzene rings is 3. The van der Waals surface area contributed by atoms with Gasteiger partial charge in [0.2, 0.25) is 5.91 Å². The molecule has 2 amide bonds. The van der Waals surface area contributed by atoms with Crippen LogP contribution in [0.5, 0.6) is 11.5 Å². The number of rotatable bonds is 7. The minimum atomic E-state index is -0.813. The molecule has 3 N–H and O–H groups in total. The third kappa shape index (κ3) is 8.16. The van der Waals surface area contributed by atoms with E-state index in [2.05, 4.69) is 0 Å². The average Bonchev–Trinajstić information content (AvgIpc) is 2.88. The number of para-hydroxylation sites is 1. The Balaban J connectivity index is 0.000000191. The van der Waals surface area contributed by atoms with Crippen LogP contribution in [0.4, 0.5) is 4.79 Å². The first kappa shape index (κ1) is 24.6. The summed E-state index contributed by atoms with van der Waals surface area (Å²) in [7, 11) is 0. The second-order valence-corrected chi connectivity index (χ2v) is 8.00. The number of carbonyl (C=O) groups is 2. The molecule has 1 aliphatic rings. The highest BCUT2D eigenvalue weighted by molar-refractivity contribution is 5.92. The van der Waals surface area contributed by atoms with Gasteiger partial charge in [-0.2, -0.15) is 0 Å². The molecule has 1 heterocycles. The minimum Gasteiger partial charge on any atom is -0.493 e. The van der Waals surface area contributed by atoms with Crippen LogP contribution < -0.4 is 15.2 Å². The maximum atomic E-state index is 10.9. The van der Waals surface area contributed by atoms with Gasteiger partial charge in [-0.05, 0) is 60.7 Å². The number of primary amides is 1. The van der Waals surface area contributed by atoms with Crippen LogP contribution in [0.2, 0.25) is 0 Å². The number of nitrogens with zero attached hydrogens (tertiary/aromatic N) is 1. The third-order valence-electron chi connectivity index (χ3n) is 5.50. The van der Waals surface area contributed by atoms with E-state index in [1.807, 2.05) is 60.7 Å². The summed E-state index contributed by atoms with van der Waals surface area (Å²) in [4.78, 5) is 23.1. The van der Waals surface area contributed by atoms with Crippen LogP contribution in [-0.4, -0.2) is 41.7 Å². The van der Waals surface area contributed by atoms with Crippen LogP contribution in [0.15, 0.2) is 84.9 Å². The van der Waals surface area contributed by atoms with Gasteiger partial charge in [0.1, 0.15) is 18.1 Å². The lowest BCUT2D eigenvalue weighted by atomic mass is 9.98. The fourth-order valence-electron chi connectivity index (χ4n) is 3.48. The Morgan fingerprint density at radius 2 is 1.38 bits per heavy atom. The van der Waals surface area contributed by atoms with Gasteiger partial charge < -0.3 is 25.2 Å². The van der Waals surface area contributed by atoms with Gasteiger partial charge in [-0.3, -0.25) is 4.79 Å². The molecule has 0 aliphatic carbocycles. The number of hydrogen-bond donors (Lipinski definition) is 2. The number of piperidine rings is 1. The molecule has 3 aromatic rings. The number of carboxylic acid groups (broad SMARTS) is 1. The first-order chi connectivity index (χ1) is 16.5. The summed E-state index contributed by atoms with van der Waals surface area (Å²) < 4.78 is 11.2. The highest BCUT2D eigenvalue weighted by Gasteiger charge is 2.22. The topological polar surface area (TPSA) is 102 Å². The summed E-state index contributed by atoms with van der Waals surface area (Å²) in [5, 5.41) is 8.83. The van der Waals surface area contributed by atoms with Gasteiger partial charge in [0.05, 0.1) is 6.61 Å². The lowest BCUT2D eigenvalue weighted by Crippen LogP contribution is -2.38. The number of carbonyl (C=O) groups excluding carboxylic acids is 1. The molecule has 0 aromatic heterocycles. The smallest absolute Gasteiger partial charge is 0.407 e. The zero-order valence-corrected chi connectivity index (χ0v) is 19.0. The molecule has 4 rings (SSSR count). The SMILES string of the molecule is NC(=O)c1ccc(OCc2ccccc2)cc1.O=C(O)N1CCC(COc2ccccc2)CC1. The lowest BCUT2D eigenvalue weighted by Gasteiger charge is -2.29. The van der Waals surface area contributed by atoms with Crippen LogP contribution in [0.25, 0.3) is 0 Å². The van der Waals surface area contributed by atoms with E-state index >= 15 is 0 Å². The molecule has 7 nitrogen and oxygen atoms in total. The fourth-order valence-corrected chi connectivity index (χ4v) is 3.48. The van der Waals surface area contributed by atoms with E-state index < -0.39 is 12.0 Å². The van der Waals surface area contributed by atoms with E-state index in [1.165, 1.54) is 4.90 Å². The minimum absolute atomic E-state index is 0.431. The molecule has 178 valence electrons. The number of ether oxygens (including phenoxy) is 2. The van der Waals surface area contributed by atoms with Crippen molar-refractivity contribution in [1.29, 1.82) is 0 Å². The maximum Gasteiger partial charge on any atom is 0.407 e. The summed E-state index contributed by atoms with van der Waals surface area (Å²) in [6, 6.07) is 26.4. The molecule has 0 radical (unpaired) electrons. The van der Waals surface area contributed by atoms with E-state index in [-0.39, 0.29) is 0 Å². The molecule has 34 heavy (non-hydrogen) atoms. The van der Waals surface area contributed by atoms with E-state index in [0.717, 1.165) is 29.9 Å². The Hall–Kier alpha value is -4.00. The zero-order valence-electron chi connectivity index (χ0n) is 19.0. The molecule has 0 saturated carbocycles. The largest absolute Gasteiger partial charge is 0.493 e. The first-order valence-corrected chi connectivity index (χ1v) is 11.2. The predicted molar refractivity (Wildman–Crippen MR) is 130 cm³/mol. The summed E-state index contributed by atoms with van der Waals surface area (Å²) in [5.41, 5.74) is 6.74. The molecule has 0 atom stereocenters. The Labute approximate surface area is 199 Å². The molecule has 0 bridgehead atoms. The van der Waals surface area contributed by atoms with Gasteiger partial charge in [-0.15, -0.1) is 0 Å². The van der Waals surface area contributed by atoms with Gasteiger partial charge in [0.15, 0.2) is 0 Å². The molecule has 1 aliphatic heterocycles. The molecule has 1 saturated heterocycles. The van der Waals surface area contributed by atoms with Crippen molar-refractivity contribution in [3.8, 4) is 11.5 Å². The maximum absolute atomic E-state index is 10.9. The average molecular weight is 463 g/mol. The van der Waals surface area contributed by atoms with Crippen molar-refractivity contribution in [2.75, 3.05) is 19.7 Å². The Morgan fingerprint density at radius 3 is 1.94 bits per heavy atom. The van der Waals surface area contributed by atoms with Crippen LogP contribution in [-0.2, 0) is 6.61 Å². The molecular formula is C27H30N2O5. The Kier molecular flexibility index (Phi) is 9.34. The monoisotopic (exact) mass is 462 g/mol. The summed E-state index contributed by atoms with van der Waals surface area (Å²) >= 11 is 0. The molecular weight excluding hydrogens is 432 g/mol. The van der Waals surface area contributed by atoms with Crippen molar-refractivity contribution in [1.82, 2.24) is 4.90 Å². The van der Waals surface area contributed by atoms with E-state index in [1.54, 1.807) is 24.3 Å². The molecule has 0 spiro atoms. The van der Waals surface area contributed by atoms with Crippen molar-refractivity contribution >= 4 is 12.0 Å². The highest BCUT2D eigenvalue weighted by Crippen LogP contribution is 2.19.